The van der Waals surface area contributed by atoms with Gasteiger partial charge in [0.25, 0.3) is 0 Å². The molecule has 26 heavy (non-hydrogen) atoms. The van der Waals surface area contributed by atoms with E-state index in [2.05, 4.69) is 20.7 Å². The second-order valence-electron chi connectivity index (χ2n) is 6.31. The summed E-state index contributed by atoms with van der Waals surface area (Å²) in [5.74, 6) is 0.483. The van der Waals surface area contributed by atoms with Crippen LogP contribution in [0.5, 0.6) is 0 Å². The van der Waals surface area contributed by atoms with Gasteiger partial charge in [0.05, 0.1) is 10.7 Å². The zero-order chi connectivity index (χ0) is 18.1. The van der Waals surface area contributed by atoms with Gasteiger partial charge in [0.2, 0.25) is 10.9 Å². The minimum absolute atomic E-state index is 0.441. The molecule has 1 aliphatic rings. The SMILES string of the molecule is S=C(Nc1nc2scc(-c3ccc(Cl)cc3Cl)n2n1)NC1CCCCC1. The highest BCUT2D eigenvalue weighted by Crippen LogP contribution is 2.33. The standard InChI is InChI=1S/C17H17Cl2N5S2/c18-10-6-7-12(13(19)8-10)14-9-26-17-22-15(23-24(14)17)21-16(25)20-11-4-2-1-3-5-11/h6-9,11H,1-5H2,(H2,20,21,23,25). The van der Waals surface area contributed by atoms with E-state index < -0.39 is 0 Å². The molecule has 4 rings (SSSR count). The van der Waals surface area contributed by atoms with Crippen molar-refractivity contribution in [3.63, 3.8) is 0 Å². The molecule has 0 atom stereocenters. The molecule has 0 bridgehead atoms. The number of thiazole rings is 1. The highest BCUT2D eigenvalue weighted by Gasteiger charge is 2.17. The van der Waals surface area contributed by atoms with Gasteiger partial charge in [0.15, 0.2) is 5.11 Å². The summed E-state index contributed by atoms with van der Waals surface area (Å²) in [6.07, 6.45) is 6.14. The predicted octanol–water partition coefficient (Wildman–Crippen LogP) is 5.38. The van der Waals surface area contributed by atoms with Crippen molar-refractivity contribution in [2.75, 3.05) is 5.32 Å². The molecule has 0 unspecified atom stereocenters. The molecule has 3 aromatic rings. The Morgan fingerprint density at radius 2 is 2.04 bits per heavy atom. The monoisotopic (exact) mass is 425 g/mol. The Bertz CT molecular complexity index is 946. The lowest BCUT2D eigenvalue weighted by Gasteiger charge is -2.23. The minimum atomic E-state index is 0.441. The highest BCUT2D eigenvalue weighted by molar-refractivity contribution is 7.80. The molecule has 0 amide bonds. The average molecular weight is 426 g/mol. The lowest BCUT2D eigenvalue weighted by Crippen LogP contribution is -2.39. The van der Waals surface area contributed by atoms with Crippen LogP contribution in [0.25, 0.3) is 16.2 Å². The molecular weight excluding hydrogens is 409 g/mol. The van der Waals surface area contributed by atoms with Gasteiger partial charge in [0.1, 0.15) is 0 Å². The van der Waals surface area contributed by atoms with Crippen molar-refractivity contribution in [3.05, 3.63) is 33.6 Å². The van der Waals surface area contributed by atoms with Crippen LogP contribution in [0.1, 0.15) is 32.1 Å². The third-order valence-corrected chi connectivity index (χ3v) is 6.04. The molecule has 1 aliphatic carbocycles. The number of halogens is 2. The molecule has 1 aromatic carbocycles. The van der Waals surface area contributed by atoms with Gasteiger partial charge in [-0.15, -0.1) is 16.4 Å². The summed E-state index contributed by atoms with van der Waals surface area (Å²) in [5, 5.41) is 14.7. The predicted molar refractivity (Wildman–Crippen MR) is 113 cm³/mol. The van der Waals surface area contributed by atoms with E-state index >= 15 is 0 Å². The molecule has 1 fully saturated rings. The third-order valence-electron chi connectivity index (χ3n) is 4.45. The summed E-state index contributed by atoms with van der Waals surface area (Å²) in [5.41, 5.74) is 1.74. The number of nitrogens with one attached hydrogen (secondary N) is 2. The lowest BCUT2D eigenvalue weighted by atomic mass is 9.96. The average Bonchev–Trinajstić information content (AvgIpc) is 3.16. The Morgan fingerprint density at radius 1 is 1.23 bits per heavy atom. The normalized spacial score (nSPS) is 15.3. The Kier molecular flexibility index (Phi) is 5.31. The van der Waals surface area contributed by atoms with Gasteiger partial charge in [-0.3, -0.25) is 5.32 Å². The molecule has 2 heterocycles. The van der Waals surface area contributed by atoms with Crippen molar-refractivity contribution >= 4 is 62.8 Å². The Balaban J connectivity index is 1.53. The van der Waals surface area contributed by atoms with Gasteiger partial charge in [-0.2, -0.15) is 4.98 Å². The molecular formula is C17H17Cl2N5S2. The van der Waals surface area contributed by atoms with Crippen LogP contribution in [0.4, 0.5) is 5.95 Å². The minimum Gasteiger partial charge on any atom is -0.360 e. The fraction of sp³-hybridized carbons (Fsp3) is 0.353. The van der Waals surface area contributed by atoms with Gasteiger partial charge in [0, 0.05) is 22.0 Å². The first-order valence-corrected chi connectivity index (χ1v) is 10.5. The largest absolute Gasteiger partial charge is 0.360 e. The van der Waals surface area contributed by atoms with Crippen LogP contribution in [0.3, 0.4) is 0 Å². The van der Waals surface area contributed by atoms with Gasteiger partial charge >= 0.3 is 0 Å². The summed E-state index contributed by atoms with van der Waals surface area (Å²) < 4.78 is 1.77. The molecule has 0 spiro atoms. The number of rotatable bonds is 3. The van der Waals surface area contributed by atoms with E-state index in [0.29, 0.717) is 27.1 Å². The molecule has 1 saturated carbocycles. The zero-order valence-corrected chi connectivity index (χ0v) is 17.0. The maximum Gasteiger partial charge on any atom is 0.250 e. The number of hydrogen-bond donors (Lipinski definition) is 2. The number of benzene rings is 1. The molecule has 0 saturated heterocycles. The fourth-order valence-electron chi connectivity index (χ4n) is 3.19. The first-order valence-electron chi connectivity index (χ1n) is 8.47. The summed E-state index contributed by atoms with van der Waals surface area (Å²) in [6, 6.07) is 5.86. The second kappa shape index (κ2) is 7.68. The van der Waals surface area contributed by atoms with E-state index in [1.165, 1.54) is 30.6 Å². The van der Waals surface area contributed by atoms with E-state index in [0.717, 1.165) is 29.1 Å². The Hall–Kier alpha value is -1.41. The van der Waals surface area contributed by atoms with Gasteiger partial charge < -0.3 is 5.32 Å². The summed E-state index contributed by atoms with van der Waals surface area (Å²) in [7, 11) is 0. The maximum atomic E-state index is 6.33. The number of aromatic nitrogens is 3. The molecule has 136 valence electrons. The Labute approximate surface area is 170 Å². The third kappa shape index (κ3) is 3.81. The van der Waals surface area contributed by atoms with Crippen molar-refractivity contribution in [1.82, 2.24) is 19.9 Å². The van der Waals surface area contributed by atoms with E-state index in [-0.39, 0.29) is 0 Å². The molecule has 9 heteroatoms. The highest BCUT2D eigenvalue weighted by atomic mass is 35.5. The van der Waals surface area contributed by atoms with Crippen molar-refractivity contribution in [2.45, 2.75) is 38.1 Å². The quantitative estimate of drug-likeness (QED) is 0.551. The number of hydrogen-bond acceptors (Lipinski definition) is 4. The number of anilines is 1. The van der Waals surface area contributed by atoms with Crippen molar-refractivity contribution in [3.8, 4) is 11.3 Å². The van der Waals surface area contributed by atoms with Gasteiger partial charge in [-0.25, -0.2) is 4.52 Å². The van der Waals surface area contributed by atoms with E-state index in [9.17, 15) is 0 Å². The van der Waals surface area contributed by atoms with Crippen LogP contribution in [-0.2, 0) is 0 Å². The van der Waals surface area contributed by atoms with Gasteiger partial charge in [-0.1, -0.05) is 42.5 Å². The van der Waals surface area contributed by atoms with E-state index in [4.69, 9.17) is 35.4 Å². The number of thiocarbonyl (C=S) groups is 1. The number of fused-ring (bicyclic) bond motifs is 1. The van der Waals surface area contributed by atoms with Crippen molar-refractivity contribution in [1.29, 1.82) is 0 Å². The van der Waals surface area contributed by atoms with Crippen LogP contribution in [0, 0.1) is 0 Å². The first-order chi connectivity index (χ1) is 12.6. The summed E-state index contributed by atoms with van der Waals surface area (Å²) in [4.78, 5) is 5.27. The van der Waals surface area contributed by atoms with Gasteiger partial charge in [-0.05, 0) is 43.3 Å². The topological polar surface area (TPSA) is 54.2 Å². The van der Waals surface area contributed by atoms with E-state index in [1.54, 1.807) is 10.6 Å². The fourth-order valence-corrected chi connectivity index (χ4v) is 4.77. The smallest absolute Gasteiger partial charge is 0.250 e. The van der Waals surface area contributed by atoms with Crippen LogP contribution in [0.15, 0.2) is 23.6 Å². The first kappa shape index (κ1) is 18.0. The molecule has 5 nitrogen and oxygen atoms in total. The maximum absolute atomic E-state index is 6.33. The van der Waals surface area contributed by atoms with Crippen LogP contribution < -0.4 is 10.6 Å². The second-order valence-corrected chi connectivity index (χ2v) is 8.40. The van der Waals surface area contributed by atoms with Crippen LogP contribution >= 0.6 is 46.8 Å². The molecule has 2 N–H and O–H groups in total. The number of nitrogens with zero attached hydrogens (tertiary/aromatic N) is 3. The Morgan fingerprint density at radius 3 is 2.81 bits per heavy atom. The summed E-state index contributed by atoms with van der Waals surface area (Å²) >= 11 is 19.2. The van der Waals surface area contributed by atoms with E-state index in [1.807, 2.05) is 17.5 Å². The summed E-state index contributed by atoms with van der Waals surface area (Å²) in [6.45, 7) is 0. The van der Waals surface area contributed by atoms with Crippen molar-refractivity contribution < 1.29 is 0 Å². The van der Waals surface area contributed by atoms with Crippen LogP contribution in [-0.4, -0.2) is 25.8 Å². The van der Waals surface area contributed by atoms with Crippen LogP contribution in [0.2, 0.25) is 10.0 Å². The van der Waals surface area contributed by atoms with Crippen molar-refractivity contribution in [2.24, 2.45) is 0 Å². The lowest BCUT2D eigenvalue weighted by molar-refractivity contribution is 0.414. The molecule has 2 aromatic heterocycles. The molecule has 0 radical (unpaired) electrons. The zero-order valence-electron chi connectivity index (χ0n) is 13.8. The molecule has 0 aliphatic heterocycles.